The minimum Gasteiger partial charge on any atom is -0.368 e. The first-order valence-electron chi connectivity index (χ1n) is 6.26. The topological polar surface area (TPSA) is 26.3 Å². The third-order valence-corrected chi connectivity index (χ3v) is 3.32. The molecule has 1 saturated carbocycles. The number of hydrogen-bond acceptors (Lipinski definition) is 2. The van der Waals surface area contributed by atoms with Crippen LogP contribution in [0, 0.1) is 5.92 Å². The Labute approximate surface area is 93.4 Å². The number of rotatable bonds is 4. The van der Waals surface area contributed by atoms with E-state index in [0.29, 0.717) is 12.4 Å². The molecule has 1 aliphatic rings. The van der Waals surface area contributed by atoms with Gasteiger partial charge in [-0.25, -0.2) is 0 Å². The van der Waals surface area contributed by atoms with Crippen LogP contribution in [-0.4, -0.2) is 18.0 Å². The van der Waals surface area contributed by atoms with Gasteiger partial charge in [-0.05, 0) is 33.6 Å². The number of ether oxygens (including phenoxy) is 1. The Morgan fingerprint density at radius 2 is 1.73 bits per heavy atom. The molecule has 0 heterocycles. The van der Waals surface area contributed by atoms with Crippen LogP contribution in [0.25, 0.3) is 0 Å². The van der Waals surface area contributed by atoms with Crippen molar-refractivity contribution in [2.75, 3.05) is 6.61 Å². The molecule has 0 aromatic heterocycles. The molecular formula is C13H24O2. The average Bonchev–Trinajstić information content (AvgIpc) is 2.44. The molecule has 2 nitrogen and oxygen atoms in total. The highest BCUT2D eigenvalue weighted by molar-refractivity contribution is 5.88. The SMILES string of the molecule is CCOC(C)(C)C(=O)C1CCCCCC1. The third-order valence-electron chi connectivity index (χ3n) is 3.32. The van der Waals surface area contributed by atoms with Crippen molar-refractivity contribution in [3.63, 3.8) is 0 Å². The van der Waals surface area contributed by atoms with Gasteiger partial charge in [0.05, 0.1) is 0 Å². The highest BCUT2D eigenvalue weighted by atomic mass is 16.5. The van der Waals surface area contributed by atoms with Crippen molar-refractivity contribution in [3.05, 3.63) is 0 Å². The van der Waals surface area contributed by atoms with Crippen LogP contribution in [0.15, 0.2) is 0 Å². The minimum atomic E-state index is -0.580. The van der Waals surface area contributed by atoms with E-state index in [1.807, 2.05) is 20.8 Å². The molecule has 1 rings (SSSR count). The molecule has 0 unspecified atom stereocenters. The normalized spacial score (nSPS) is 19.9. The van der Waals surface area contributed by atoms with E-state index >= 15 is 0 Å². The molecule has 0 radical (unpaired) electrons. The van der Waals surface area contributed by atoms with Crippen molar-refractivity contribution in [2.45, 2.75) is 64.9 Å². The first kappa shape index (κ1) is 12.7. The molecule has 0 bridgehead atoms. The molecular weight excluding hydrogens is 188 g/mol. The predicted octanol–water partition coefficient (Wildman–Crippen LogP) is 3.34. The van der Waals surface area contributed by atoms with Gasteiger partial charge in [0, 0.05) is 12.5 Å². The fourth-order valence-electron chi connectivity index (χ4n) is 2.47. The zero-order chi connectivity index (χ0) is 11.3. The molecule has 1 aliphatic carbocycles. The number of Topliss-reactive ketones (excluding diaryl/α,β-unsaturated/α-hetero) is 1. The highest BCUT2D eigenvalue weighted by Gasteiger charge is 2.33. The van der Waals surface area contributed by atoms with Crippen LogP contribution >= 0.6 is 0 Å². The minimum absolute atomic E-state index is 0.244. The Morgan fingerprint density at radius 1 is 1.20 bits per heavy atom. The van der Waals surface area contributed by atoms with Crippen LogP contribution in [0.2, 0.25) is 0 Å². The lowest BCUT2D eigenvalue weighted by Gasteiger charge is -2.27. The quantitative estimate of drug-likeness (QED) is 0.668. The van der Waals surface area contributed by atoms with Gasteiger partial charge in [0.25, 0.3) is 0 Å². The van der Waals surface area contributed by atoms with E-state index in [9.17, 15) is 4.79 Å². The molecule has 0 atom stereocenters. The Kier molecular flexibility index (Phi) is 4.78. The Hall–Kier alpha value is -0.370. The summed E-state index contributed by atoms with van der Waals surface area (Å²) in [4.78, 5) is 12.2. The van der Waals surface area contributed by atoms with Gasteiger partial charge >= 0.3 is 0 Å². The van der Waals surface area contributed by atoms with E-state index in [4.69, 9.17) is 4.74 Å². The van der Waals surface area contributed by atoms with Gasteiger partial charge in [0.1, 0.15) is 5.60 Å². The standard InChI is InChI=1S/C13H24O2/c1-4-15-13(2,3)12(14)11-9-7-5-6-8-10-11/h11H,4-10H2,1-3H3. The fraction of sp³-hybridized carbons (Fsp3) is 0.923. The van der Waals surface area contributed by atoms with Crippen LogP contribution in [0.4, 0.5) is 0 Å². The van der Waals surface area contributed by atoms with Crippen LogP contribution < -0.4 is 0 Å². The van der Waals surface area contributed by atoms with Gasteiger partial charge < -0.3 is 4.74 Å². The Morgan fingerprint density at radius 3 is 2.20 bits per heavy atom. The van der Waals surface area contributed by atoms with Gasteiger partial charge in [0.2, 0.25) is 0 Å². The number of hydrogen-bond donors (Lipinski definition) is 0. The van der Waals surface area contributed by atoms with Crippen molar-refractivity contribution < 1.29 is 9.53 Å². The summed E-state index contributed by atoms with van der Waals surface area (Å²) in [6.07, 6.45) is 7.12. The van der Waals surface area contributed by atoms with Crippen molar-refractivity contribution in [2.24, 2.45) is 5.92 Å². The maximum Gasteiger partial charge on any atom is 0.167 e. The largest absolute Gasteiger partial charge is 0.368 e. The van der Waals surface area contributed by atoms with E-state index in [-0.39, 0.29) is 5.92 Å². The first-order valence-corrected chi connectivity index (χ1v) is 6.26. The second kappa shape index (κ2) is 5.64. The Bertz CT molecular complexity index is 201. The van der Waals surface area contributed by atoms with Gasteiger partial charge in [0.15, 0.2) is 5.78 Å². The first-order chi connectivity index (χ1) is 7.08. The molecule has 2 heteroatoms. The molecule has 0 saturated heterocycles. The second-order valence-corrected chi connectivity index (χ2v) is 5.00. The van der Waals surface area contributed by atoms with E-state index in [1.54, 1.807) is 0 Å². The lowest BCUT2D eigenvalue weighted by Crippen LogP contribution is -2.39. The zero-order valence-corrected chi connectivity index (χ0v) is 10.3. The molecule has 0 aromatic rings. The highest BCUT2D eigenvalue weighted by Crippen LogP contribution is 2.28. The summed E-state index contributed by atoms with van der Waals surface area (Å²) < 4.78 is 5.54. The molecule has 1 fully saturated rings. The zero-order valence-electron chi connectivity index (χ0n) is 10.3. The third kappa shape index (κ3) is 3.60. The molecule has 0 aliphatic heterocycles. The average molecular weight is 212 g/mol. The lowest BCUT2D eigenvalue weighted by atomic mass is 9.86. The maximum absolute atomic E-state index is 12.2. The van der Waals surface area contributed by atoms with Gasteiger partial charge in [-0.15, -0.1) is 0 Å². The molecule has 15 heavy (non-hydrogen) atoms. The molecule has 0 spiro atoms. The van der Waals surface area contributed by atoms with E-state index < -0.39 is 5.60 Å². The number of ketones is 1. The summed E-state index contributed by atoms with van der Waals surface area (Å²) in [6, 6.07) is 0. The van der Waals surface area contributed by atoms with E-state index in [1.165, 1.54) is 25.7 Å². The maximum atomic E-state index is 12.2. The number of carbonyl (C=O) groups excluding carboxylic acids is 1. The van der Waals surface area contributed by atoms with Crippen molar-refractivity contribution >= 4 is 5.78 Å². The van der Waals surface area contributed by atoms with Crippen LogP contribution in [0.1, 0.15) is 59.3 Å². The summed E-state index contributed by atoms with van der Waals surface area (Å²) in [7, 11) is 0. The molecule has 0 amide bonds. The summed E-state index contributed by atoms with van der Waals surface area (Å²) in [5.74, 6) is 0.556. The Balaban J connectivity index is 2.56. The summed E-state index contributed by atoms with van der Waals surface area (Å²) >= 11 is 0. The summed E-state index contributed by atoms with van der Waals surface area (Å²) in [6.45, 7) is 6.38. The van der Waals surface area contributed by atoms with Crippen LogP contribution in [0.3, 0.4) is 0 Å². The molecule has 88 valence electrons. The van der Waals surface area contributed by atoms with E-state index in [2.05, 4.69) is 0 Å². The molecule has 0 N–H and O–H groups in total. The van der Waals surface area contributed by atoms with Crippen LogP contribution in [0.5, 0.6) is 0 Å². The van der Waals surface area contributed by atoms with Gasteiger partial charge in [-0.3, -0.25) is 4.79 Å². The summed E-state index contributed by atoms with van der Waals surface area (Å²) in [5.41, 5.74) is -0.580. The summed E-state index contributed by atoms with van der Waals surface area (Å²) in [5, 5.41) is 0. The van der Waals surface area contributed by atoms with Crippen molar-refractivity contribution in [1.29, 1.82) is 0 Å². The van der Waals surface area contributed by atoms with Crippen molar-refractivity contribution in [1.82, 2.24) is 0 Å². The smallest absolute Gasteiger partial charge is 0.167 e. The predicted molar refractivity (Wildman–Crippen MR) is 61.9 cm³/mol. The van der Waals surface area contributed by atoms with Gasteiger partial charge in [-0.1, -0.05) is 25.7 Å². The van der Waals surface area contributed by atoms with Gasteiger partial charge in [-0.2, -0.15) is 0 Å². The second-order valence-electron chi connectivity index (χ2n) is 5.00. The van der Waals surface area contributed by atoms with Crippen LogP contribution in [-0.2, 0) is 9.53 Å². The molecule has 0 aromatic carbocycles. The van der Waals surface area contributed by atoms with E-state index in [0.717, 1.165) is 12.8 Å². The fourth-order valence-corrected chi connectivity index (χ4v) is 2.47. The van der Waals surface area contributed by atoms with Crippen molar-refractivity contribution in [3.8, 4) is 0 Å². The monoisotopic (exact) mass is 212 g/mol. The lowest BCUT2D eigenvalue weighted by molar-refractivity contribution is -0.144. The number of carbonyl (C=O) groups is 1.